The van der Waals surface area contributed by atoms with Gasteiger partial charge in [0.05, 0.1) is 17.4 Å². The van der Waals surface area contributed by atoms with E-state index in [1.165, 1.54) is 0 Å². The van der Waals surface area contributed by atoms with Gasteiger partial charge in [-0.25, -0.2) is 4.98 Å². The zero-order valence-corrected chi connectivity index (χ0v) is 12.9. The van der Waals surface area contributed by atoms with Crippen LogP contribution in [0.5, 0.6) is 0 Å². The Kier molecular flexibility index (Phi) is 4.73. The molecule has 7 heteroatoms. The summed E-state index contributed by atoms with van der Waals surface area (Å²) in [6.07, 6.45) is 5.96. The van der Waals surface area contributed by atoms with Crippen molar-refractivity contribution < 1.29 is 4.79 Å². The van der Waals surface area contributed by atoms with Gasteiger partial charge in [-0.05, 0) is 28.4 Å². The number of rotatable bonds is 5. The molecule has 6 nitrogen and oxygen atoms in total. The number of hydrogen-bond acceptors (Lipinski definition) is 4. The number of aryl methyl sites for hydroxylation is 1. The summed E-state index contributed by atoms with van der Waals surface area (Å²) in [4.78, 5) is 16.6. The van der Waals surface area contributed by atoms with Gasteiger partial charge in [-0.1, -0.05) is 6.92 Å². The largest absolute Gasteiger partial charge is 0.369 e. The second-order valence-electron chi connectivity index (χ2n) is 4.33. The Balaban J connectivity index is 2.21. The molecular weight excluding hydrogens is 322 g/mol. The van der Waals surface area contributed by atoms with Gasteiger partial charge >= 0.3 is 0 Å². The minimum atomic E-state index is -0.217. The smallest absolute Gasteiger partial charge is 0.259 e. The Morgan fingerprint density at radius 2 is 2.25 bits per heavy atom. The van der Waals surface area contributed by atoms with E-state index in [2.05, 4.69) is 43.6 Å². The maximum atomic E-state index is 12.3. The van der Waals surface area contributed by atoms with Crippen LogP contribution in [0.15, 0.2) is 29.1 Å². The van der Waals surface area contributed by atoms with Gasteiger partial charge in [0.1, 0.15) is 5.82 Å². The summed E-state index contributed by atoms with van der Waals surface area (Å²) in [6, 6.07) is 1.75. The van der Waals surface area contributed by atoms with Crippen molar-refractivity contribution in [2.75, 3.05) is 17.2 Å². The van der Waals surface area contributed by atoms with Crippen LogP contribution in [0.1, 0.15) is 23.7 Å². The monoisotopic (exact) mass is 337 g/mol. The van der Waals surface area contributed by atoms with E-state index in [-0.39, 0.29) is 5.91 Å². The summed E-state index contributed by atoms with van der Waals surface area (Å²) in [7, 11) is 1.80. The van der Waals surface area contributed by atoms with Crippen LogP contribution in [0.2, 0.25) is 0 Å². The number of aromatic nitrogens is 3. The summed E-state index contributed by atoms with van der Waals surface area (Å²) in [5.74, 6) is 0.363. The number of pyridine rings is 1. The van der Waals surface area contributed by atoms with Crippen molar-refractivity contribution in [3.63, 3.8) is 0 Å². The van der Waals surface area contributed by atoms with E-state index >= 15 is 0 Å². The predicted octanol–water partition coefficient (Wildman–Crippen LogP) is 2.65. The van der Waals surface area contributed by atoms with Gasteiger partial charge in [0, 0.05) is 30.5 Å². The van der Waals surface area contributed by atoms with Crippen molar-refractivity contribution in [2.45, 2.75) is 13.3 Å². The van der Waals surface area contributed by atoms with Crippen molar-refractivity contribution in [3.05, 3.63) is 34.7 Å². The van der Waals surface area contributed by atoms with Crippen molar-refractivity contribution >= 4 is 33.3 Å². The maximum absolute atomic E-state index is 12.3. The average molecular weight is 338 g/mol. The molecule has 0 saturated heterocycles. The molecule has 20 heavy (non-hydrogen) atoms. The number of nitrogens with zero attached hydrogens (tertiary/aromatic N) is 3. The molecule has 2 rings (SSSR count). The molecule has 0 atom stereocenters. The quantitative estimate of drug-likeness (QED) is 0.879. The summed E-state index contributed by atoms with van der Waals surface area (Å²) in [6.45, 7) is 2.82. The first-order valence-electron chi connectivity index (χ1n) is 6.29. The van der Waals surface area contributed by atoms with Crippen LogP contribution in [0.3, 0.4) is 0 Å². The lowest BCUT2D eigenvalue weighted by molar-refractivity contribution is 0.102. The highest BCUT2D eigenvalue weighted by Crippen LogP contribution is 2.19. The Morgan fingerprint density at radius 1 is 1.45 bits per heavy atom. The third kappa shape index (κ3) is 3.57. The molecule has 0 bridgehead atoms. The SMILES string of the molecule is CCCNc1ncc(Br)cc1C(=O)Nc1cnn(C)c1. The summed E-state index contributed by atoms with van der Waals surface area (Å²) < 4.78 is 2.39. The van der Waals surface area contributed by atoms with Gasteiger partial charge in [0.2, 0.25) is 0 Å². The third-order valence-electron chi connectivity index (χ3n) is 2.60. The Hall–Kier alpha value is -1.89. The number of halogens is 1. The van der Waals surface area contributed by atoms with Crippen molar-refractivity contribution in [2.24, 2.45) is 7.05 Å². The predicted molar refractivity (Wildman–Crippen MR) is 81.9 cm³/mol. The molecule has 0 aliphatic carbocycles. The van der Waals surface area contributed by atoms with Gasteiger partial charge in [-0.15, -0.1) is 0 Å². The van der Waals surface area contributed by atoms with Crippen LogP contribution in [-0.2, 0) is 7.05 Å². The van der Waals surface area contributed by atoms with Crippen LogP contribution in [0, 0.1) is 0 Å². The molecule has 0 fully saturated rings. The topological polar surface area (TPSA) is 71.8 Å². The van der Waals surface area contributed by atoms with Crippen molar-refractivity contribution in [1.82, 2.24) is 14.8 Å². The van der Waals surface area contributed by atoms with Crippen LogP contribution in [-0.4, -0.2) is 27.2 Å². The molecule has 106 valence electrons. The van der Waals surface area contributed by atoms with E-state index in [0.717, 1.165) is 17.4 Å². The number of amides is 1. The van der Waals surface area contributed by atoms with E-state index in [4.69, 9.17) is 0 Å². The molecule has 2 N–H and O–H groups in total. The fraction of sp³-hybridized carbons (Fsp3) is 0.308. The molecule has 1 amide bonds. The zero-order chi connectivity index (χ0) is 14.5. The van der Waals surface area contributed by atoms with Crippen LogP contribution >= 0.6 is 15.9 Å². The van der Waals surface area contributed by atoms with Crippen molar-refractivity contribution in [1.29, 1.82) is 0 Å². The molecule has 2 aromatic heterocycles. The molecule has 0 aliphatic heterocycles. The standard InChI is InChI=1S/C13H16BrN5O/c1-3-4-15-12-11(5-9(14)6-16-12)13(20)18-10-7-17-19(2)8-10/h5-8H,3-4H2,1-2H3,(H,15,16)(H,18,20). The number of carbonyl (C=O) groups is 1. The lowest BCUT2D eigenvalue weighted by atomic mass is 10.2. The minimum absolute atomic E-state index is 0.217. The van der Waals surface area contributed by atoms with Gasteiger partial charge in [0.15, 0.2) is 0 Å². The minimum Gasteiger partial charge on any atom is -0.369 e. The molecule has 0 aliphatic rings. The number of anilines is 2. The van der Waals surface area contributed by atoms with Gasteiger partial charge < -0.3 is 10.6 Å². The molecular formula is C13H16BrN5O. The third-order valence-corrected chi connectivity index (χ3v) is 3.04. The Labute approximate surface area is 125 Å². The number of nitrogens with one attached hydrogen (secondary N) is 2. The van der Waals surface area contributed by atoms with E-state index in [1.807, 2.05) is 0 Å². The lowest BCUT2D eigenvalue weighted by Crippen LogP contribution is -2.16. The maximum Gasteiger partial charge on any atom is 0.259 e. The first-order chi connectivity index (χ1) is 9.60. The van der Waals surface area contributed by atoms with E-state index in [1.54, 1.807) is 36.4 Å². The molecule has 2 aromatic rings. The highest BCUT2D eigenvalue weighted by molar-refractivity contribution is 9.10. The highest BCUT2D eigenvalue weighted by Gasteiger charge is 2.14. The van der Waals surface area contributed by atoms with E-state index in [9.17, 15) is 4.79 Å². The van der Waals surface area contributed by atoms with E-state index in [0.29, 0.717) is 17.1 Å². The second-order valence-corrected chi connectivity index (χ2v) is 5.25. The van der Waals surface area contributed by atoms with Crippen molar-refractivity contribution in [3.8, 4) is 0 Å². The Morgan fingerprint density at radius 3 is 2.90 bits per heavy atom. The van der Waals surface area contributed by atoms with Gasteiger partial charge in [-0.3, -0.25) is 9.48 Å². The first kappa shape index (κ1) is 14.5. The first-order valence-corrected chi connectivity index (χ1v) is 7.09. The highest BCUT2D eigenvalue weighted by atomic mass is 79.9. The molecule has 2 heterocycles. The lowest BCUT2D eigenvalue weighted by Gasteiger charge is -2.10. The number of hydrogen-bond donors (Lipinski definition) is 2. The fourth-order valence-electron chi connectivity index (χ4n) is 1.68. The number of carbonyl (C=O) groups excluding carboxylic acids is 1. The Bertz CT molecular complexity index is 611. The zero-order valence-electron chi connectivity index (χ0n) is 11.4. The van der Waals surface area contributed by atoms with Gasteiger partial charge in [0.25, 0.3) is 5.91 Å². The summed E-state index contributed by atoms with van der Waals surface area (Å²) in [5.41, 5.74) is 1.15. The van der Waals surface area contributed by atoms with E-state index < -0.39 is 0 Å². The van der Waals surface area contributed by atoms with Gasteiger partial charge in [-0.2, -0.15) is 5.10 Å². The van der Waals surface area contributed by atoms with Crippen LogP contribution in [0.25, 0.3) is 0 Å². The van der Waals surface area contributed by atoms with Crippen LogP contribution < -0.4 is 10.6 Å². The summed E-state index contributed by atoms with van der Waals surface area (Å²) >= 11 is 3.34. The fourth-order valence-corrected chi connectivity index (χ4v) is 2.01. The second kappa shape index (κ2) is 6.51. The molecule has 0 aromatic carbocycles. The molecule has 0 unspecified atom stereocenters. The summed E-state index contributed by atoms with van der Waals surface area (Å²) in [5, 5.41) is 9.96. The molecule has 0 radical (unpaired) electrons. The normalized spacial score (nSPS) is 10.3. The molecule has 0 spiro atoms. The van der Waals surface area contributed by atoms with Crippen LogP contribution in [0.4, 0.5) is 11.5 Å². The average Bonchev–Trinajstić information content (AvgIpc) is 2.82. The molecule has 0 saturated carbocycles.